The number of aliphatic hydroxyl groups is 2. The quantitative estimate of drug-likeness (QED) is 0.00976. The van der Waals surface area contributed by atoms with Crippen molar-refractivity contribution in [2.24, 2.45) is 0 Å². The second-order valence-electron chi connectivity index (χ2n) is 15.2. The van der Waals surface area contributed by atoms with Crippen molar-refractivity contribution in [1.82, 2.24) is 0 Å². The number of rotatable bonds is 21. The lowest BCUT2D eigenvalue weighted by molar-refractivity contribution is -0.139. The number of carbonyl (C=O) groups excluding carboxylic acids is 5. The molecule has 0 spiro atoms. The molecule has 0 fully saturated rings. The first-order chi connectivity index (χ1) is 41.3. The lowest BCUT2D eigenvalue weighted by Gasteiger charge is -2.08. The zero-order chi connectivity index (χ0) is 64.5. The molecule has 0 aromatic heterocycles. The van der Waals surface area contributed by atoms with E-state index >= 15 is 0 Å². The van der Waals surface area contributed by atoms with Crippen molar-refractivity contribution < 1.29 is 102 Å². The standard InChI is InChI=1S/C19H15NO5.C12H12O5.C9H10O4.C9H10O3.C7H5NO.C3H3ClO2.C2H5BrO/c1-2-18(21)24-12-11-23-16-9-5-15(6-10-16)19(22)25-17-7-3-14(13-20)4-8-17;1-2-11(13)17-8-7-16-10-5-3-9(4-6-10)12(14)15;10-5-6-13-8-3-1-7(2-4-8)9(11)12;1-2-12-9(11)7-3-5-8(10)6-4-7;8-5-6-1-3-7(9)4-2-6;1-2-3(5)6-4;3-1-2-4/h2-10H,1,11-12H2;2-6H,1,7-8H2,(H,14,15);1-4,10H,5-6H2,(H,11,12);3-6,10H,2H2,1H3;1-4,9H;2H,1H2;4H,1-2H2. The molecule has 0 unspecified atom stereocenters. The number of hydrogen-bond acceptors (Lipinski definition) is 21. The smallest absolute Gasteiger partial charge is 0.348 e. The number of nitrogens with zero attached hydrogens (tertiary/aromatic N) is 2. The van der Waals surface area contributed by atoms with Crippen molar-refractivity contribution in [3.8, 4) is 46.6 Å². The van der Waals surface area contributed by atoms with E-state index in [0.717, 1.165) is 18.2 Å². The summed E-state index contributed by atoms with van der Waals surface area (Å²) in [5.41, 5.74) is 2.27. The van der Waals surface area contributed by atoms with E-state index in [-0.39, 0.29) is 74.8 Å². The molecule has 0 atom stereocenters. The molecule has 0 saturated carbocycles. The van der Waals surface area contributed by atoms with Crippen molar-refractivity contribution in [3.05, 3.63) is 217 Å². The van der Waals surface area contributed by atoms with Crippen LogP contribution in [0.2, 0.25) is 0 Å². The summed E-state index contributed by atoms with van der Waals surface area (Å²) in [5, 5.41) is 68.9. The number of aliphatic hydroxyl groups excluding tert-OH is 2. The predicted octanol–water partition coefficient (Wildman–Crippen LogP) is 9.21. The molecule has 6 aromatic carbocycles. The molecule has 0 amide bonds. The van der Waals surface area contributed by atoms with Gasteiger partial charge in [-0.2, -0.15) is 10.5 Å². The number of phenols is 2. The Bertz CT molecular complexity index is 3090. The van der Waals surface area contributed by atoms with Crippen LogP contribution in [0, 0.1) is 22.7 Å². The molecule has 23 nitrogen and oxygen atoms in total. The third kappa shape index (κ3) is 36.1. The van der Waals surface area contributed by atoms with E-state index in [1.807, 2.05) is 12.1 Å². The molecule has 0 aliphatic carbocycles. The largest absolute Gasteiger partial charge is 0.508 e. The topological polar surface area (TPSA) is 362 Å². The second kappa shape index (κ2) is 47.0. The van der Waals surface area contributed by atoms with Crippen LogP contribution in [0.1, 0.15) is 59.5 Å². The van der Waals surface area contributed by atoms with E-state index in [1.54, 1.807) is 91.9 Å². The molecule has 0 radical (unpaired) electrons. The number of esters is 4. The second-order valence-corrected chi connectivity index (χ2v) is 16.1. The molecule has 25 heteroatoms. The summed E-state index contributed by atoms with van der Waals surface area (Å²) < 4.78 is 38.7. The van der Waals surface area contributed by atoms with Gasteiger partial charge in [0.05, 0.1) is 65.3 Å². The molecule has 86 heavy (non-hydrogen) atoms. The van der Waals surface area contributed by atoms with Crippen molar-refractivity contribution in [3.63, 3.8) is 0 Å². The Kier molecular flexibility index (Phi) is 41.3. The van der Waals surface area contributed by atoms with Gasteiger partial charge in [0.1, 0.15) is 79.4 Å². The van der Waals surface area contributed by atoms with Crippen LogP contribution in [0.25, 0.3) is 0 Å². The number of nitriles is 2. The molecule has 0 heterocycles. The maximum atomic E-state index is 12.1. The molecule has 6 rings (SSSR count). The highest BCUT2D eigenvalue weighted by atomic mass is 79.9. The number of carboxylic acid groups (broad SMARTS) is 2. The number of carboxylic acids is 2. The number of halogens is 2. The minimum absolute atomic E-state index is 0.0549. The van der Waals surface area contributed by atoms with Gasteiger partial charge in [-0.3, -0.25) is 0 Å². The van der Waals surface area contributed by atoms with E-state index < -0.39 is 35.8 Å². The molecule has 6 aromatic rings. The summed E-state index contributed by atoms with van der Waals surface area (Å²) >= 11 is 7.53. The molecule has 6 N–H and O–H groups in total. The molecule has 0 bridgehead atoms. The van der Waals surface area contributed by atoms with Crippen LogP contribution in [0.4, 0.5) is 0 Å². The van der Waals surface area contributed by atoms with Crippen LogP contribution in [-0.4, -0.2) is 131 Å². The van der Waals surface area contributed by atoms with Gasteiger partial charge in [0, 0.05) is 23.6 Å². The van der Waals surface area contributed by atoms with Gasteiger partial charge in [-0.25, -0.2) is 33.6 Å². The van der Waals surface area contributed by atoms with Gasteiger partial charge in [-0.15, -0.1) is 0 Å². The van der Waals surface area contributed by atoms with Crippen molar-refractivity contribution in [1.29, 1.82) is 10.5 Å². The SMILES string of the molecule is C=CC(=O)OCCOc1ccc(C(=O)O)cc1.C=CC(=O)OCCOc1ccc(C(=O)Oc2ccc(C#N)cc2)cc1.C=CC(=O)OCl.CCOC(=O)c1ccc(O)cc1.N#Cc1ccc(O)cc1.O=C(O)c1ccc(OCCO)cc1.OCCBr. The lowest BCUT2D eigenvalue weighted by atomic mass is 10.2. The van der Waals surface area contributed by atoms with Gasteiger partial charge >= 0.3 is 41.8 Å². The first-order valence-electron chi connectivity index (χ1n) is 24.6. The molecular formula is C61H60BrClN2O21. The van der Waals surface area contributed by atoms with Gasteiger partial charge in [-0.1, -0.05) is 35.7 Å². The monoisotopic (exact) mass is 1270 g/mol. The number of aromatic hydroxyl groups is 2. The highest BCUT2D eigenvalue weighted by Gasteiger charge is 2.10. The Balaban J connectivity index is 0.00000104. The molecule has 0 saturated heterocycles. The number of phenolic OH excluding ortho intramolecular Hbond substituents is 2. The summed E-state index contributed by atoms with van der Waals surface area (Å²) in [7, 11) is 0. The average Bonchev–Trinajstić information content (AvgIpc) is 3.75. The normalized spacial score (nSPS) is 9.10. The summed E-state index contributed by atoms with van der Waals surface area (Å²) in [5.74, 6) is -2.19. The third-order valence-corrected chi connectivity index (χ3v) is 9.58. The molecule has 0 aliphatic rings. The van der Waals surface area contributed by atoms with Crippen molar-refractivity contribution in [2.45, 2.75) is 6.92 Å². The molecular weight excluding hydrogens is 1210 g/mol. The fourth-order valence-corrected chi connectivity index (χ4v) is 5.17. The zero-order valence-electron chi connectivity index (χ0n) is 46.0. The highest BCUT2D eigenvalue weighted by Crippen LogP contribution is 2.18. The number of ether oxygens (including phenoxy) is 7. The average molecular weight is 1270 g/mol. The van der Waals surface area contributed by atoms with E-state index in [9.17, 15) is 33.6 Å². The van der Waals surface area contributed by atoms with Gasteiger partial charge in [0.15, 0.2) is 0 Å². The first kappa shape index (κ1) is 75.5. The Morgan fingerprint density at radius 3 is 1.12 bits per heavy atom. The zero-order valence-corrected chi connectivity index (χ0v) is 48.4. The van der Waals surface area contributed by atoms with Gasteiger partial charge in [0.2, 0.25) is 0 Å². The van der Waals surface area contributed by atoms with E-state index in [4.69, 9.17) is 74.3 Å². The van der Waals surface area contributed by atoms with Gasteiger partial charge < -0.3 is 68.1 Å². The maximum absolute atomic E-state index is 12.1. The highest BCUT2D eigenvalue weighted by molar-refractivity contribution is 9.09. The van der Waals surface area contributed by atoms with Crippen LogP contribution < -0.4 is 18.9 Å². The number of alkyl halides is 1. The maximum Gasteiger partial charge on any atom is 0.348 e. The molecule has 0 aliphatic heterocycles. The van der Waals surface area contributed by atoms with Gasteiger partial charge in [0.25, 0.3) is 0 Å². The van der Waals surface area contributed by atoms with Crippen LogP contribution in [0.3, 0.4) is 0 Å². The Hall–Kier alpha value is -10.5. The number of carbonyl (C=O) groups is 7. The number of aromatic carboxylic acids is 2. The minimum atomic E-state index is -0.989. The van der Waals surface area contributed by atoms with Crippen LogP contribution in [0.5, 0.6) is 34.5 Å². The summed E-state index contributed by atoms with van der Waals surface area (Å²) in [6, 6.07) is 40.6. The predicted molar refractivity (Wildman–Crippen MR) is 315 cm³/mol. The van der Waals surface area contributed by atoms with E-state index in [2.05, 4.69) is 51.8 Å². The number of hydrogen-bond donors (Lipinski definition) is 6. The summed E-state index contributed by atoms with van der Waals surface area (Å²) in [6.45, 7) is 12.7. The van der Waals surface area contributed by atoms with E-state index in [0.29, 0.717) is 57.2 Å². The van der Waals surface area contributed by atoms with Crippen molar-refractivity contribution in [2.75, 3.05) is 58.2 Å². The first-order valence-corrected chi connectivity index (χ1v) is 26.0. The molecule has 454 valence electrons. The fraction of sp³-hybridized carbons (Fsp3) is 0.164. The Morgan fingerprint density at radius 2 is 0.802 bits per heavy atom. The Labute approximate surface area is 508 Å². The summed E-state index contributed by atoms with van der Waals surface area (Å²) in [4.78, 5) is 75.4. The van der Waals surface area contributed by atoms with Crippen molar-refractivity contribution >= 4 is 69.6 Å². The van der Waals surface area contributed by atoms with Crippen LogP contribution in [-0.2, 0) is 32.9 Å². The van der Waals surface area contributed by atoms with E-state index in [1.165, 1.54) is 60.7 Å². The minimum Gasteiger partial charge on any atom is -0.508 e. The Morgan fingerprint density at radius 1 is 0.477 bits per heavy atom. The van der Waals surface area contributed by atoms with Crippen LogP contribution in [0.15, 0.2) is 184 Å². The van der Waals surface area contributed by atoms with Gasteiger partial charge in [-0.05, 0) is 153 Å². The third-order valence-electron chi connectivity index (χ3n) is 9.07. The fourth-order valence-electron chi connectivity index (χ4n) is 5.10. The summed E-state index contributed by atoms with van der Waals surface area (Å²) in [6.07, 6.45) is 3.13. The lowest BCUT2D eigenvalue weighted by Crippen LogP contribution is -2.11. The number of benzene rings is 6. The van der Waals surface area contributed by atoms with Crippen LogP contribution >= 0.6 is 27.8 Å².